The van der Waals surface area contributed by atoms with Crippen LogP contribution in [0.25, 0.3) is 21.7 Å². The zero-order valence-electron chi connectivity index (χ0n) is 18.1. The van der Waals surface area contributed by atoms with Crippen LogP contribution in [0.3, 0.4) is 0 Å². The number of hydrogen-bond acceptors (Lipinski definition) is 5. The first kappa shape index (κ1) is 21.5. The zero-order valence-corrected chi connectivity index (χ0v) is 18.9. The highest BCUT2D eigenvalue weighted by Crippen LogP contribution is 2.29. The summed E-state index contributed by atoms with van der Waals surface area (Å²) < 4.78 is 39.4. The van der Waals surface area contributed by atoms with Gasteiger partial charge in [-0.2, -0.15) is 0 Å². The van der Waals surface area contributed by atoms with Gasteiger partial charge in [-0.05, 0) is 47.9 Å². The summed E-state index contributed by atoms with van der Waals surface area (Å²) in [5.74, 6) is 0.196. The van der Waals surface area contributed by atoms with Crippen LogP contribution in [-0.4, -0.2) is 21.4 Å². The predicted octanol–water partition coefficient (Wildman–Crippen LogP) is 5.65. The lowest BCUT2D eigenvalue weighted by Gasteiger charge is -2.11. The standard InChI is InChI=1S/C26H20N2O5S/c1-32-23-11-5-8-18-16-24(33-25(18)23)26(29)27-19-12-14-20(15-13-19)34(30,31)28-22-10-4-7-17-6-2-3-9-21(17)22/h2-16,28H,1H3,(H,27,29). The minimum Gasteiger partial charge on any atom is -0.493 e. The van der Waals surface area contributed by atoms with Crippen LogP contribution in [0.1, 0.15) is 10.6 Å². The van der Waals surface area contributed by atoms with Crippen LogP contribution in [0.15, 0.2) is 100 Å². The number of rotatable bonds is 6. The minimum absolute atomic E-state index is 0.0758. The Morgan fingerprint density at radius 2 is 1.56 bits per heavy atom. The highest BCUT2D eigenvalue weighted by Gasteiger charge is 2.18. The minimum atomic E-state index is -3.82. The zero-order chi connectivity index (χ0) is 23.7. The summed E-state index contributed by atoms with van der Waals surface area (Å²) in [6.07, 6.45) is 0. The fourth-order valence-corrected chi connectivity index (χ4v) is 4.82. The van der Waals surface area contributed by atoms with Crippen molar-refractivity contribution in [3.63, 3.8) is 0 Å². The van der Waals surface area contributed by atoms with E-state index in [4.69, 9.17) is 9.15 Å². The Balaban J connectivity index is 1.34. The van der Waals surface area contributed by atoms with Gasteiger partial charge < -0.3 is 14.5 Å². The fraction of sp³-hybridized carbons (Fsp3) is 0.0385. The third kappa shape index (κ3) is 4.06. The number of ether oxygens (including phenoxy) is 1. The third-order valence-corrected chi connectivity index (χ3v) is 6.79. The van der Waals surface area contributed by atoms with Gasteiger partial charge >= 0.3 is 0 Å². The molecular weight excluding hydrogens is 452 g/mol. The largest absolute Gasteiger partial charge is 0.493 e. The van der Waals surface area contributed by atoms with E-state index in [1.807, 2.05) is 42.5 Å². The normalized spacial score (nSPS) is 11.4. The van der Waals surface area contributed by atoms with Crippen molar-refractivity contribution in [3.8, 4) is 5.75 Å². The number of anilines is 2. The van der Waals surface area contributed by atoms with Gasteiger partial charge in [-0.25, -0.2) is 8.42 Å². The Kier molecular flexibility index (Phi) is 5.43. The maximum Gasteiger partial charge on any atom is 0.291 e. The predicted molar refractivity (Wildman–Crippen MR) is 132 cm³/mol. The van der Waals surface area contributed by atoms with E-state index >= 15 is 0 Å². The Morgan fingerprint density at radius 1 is 0.853 bits per heavy atom. The second kappa shape index (κ2) is 8.57. The second-order valence-electron chi connectivity index (χ2n) is 7.60. The van der Waals surface area contributed by atoms with Crippen LogP contribution in [-0.2, 0) is 10.0 Å². The highest BCUT2D eigenvalue weighted by atomic mass is 32.2. The van der Waals surface area contributed by atoms with Gasteiger partial charge in [0.1, 0.15) is 0 Å². The Hall–Kier alpha value is -4.30. The molecule has 0 aliphatic rings. The van der Waals surface area contributed by atoms with Gasteiger partial charge in [0, 0.05) is 16.5 Å². The molecule has 1 aromatic heterocycles. The van der Waals surface area contributed by atoms with Gasteiger partial charge in [0.2, 0.25) is 0 Å². The van der Waals surface area contributed by atoms with Crippen LogP contribution in [0.2, 0.25) is 0 Å². The summed E-state index contributed by atoms with van der Waals surface area (Å²) in [6.45, 7) is 0. The van der Waals surface area contributed by atoms with E-state index in [2.05, 4.69) is 10.0 Å². The number of amides is 1. The van der Waals surface area contributed by atoms with Crippen LogP contribution < -0.4 is 14.8 Å². The molecule has 0 unspecified atom stereocenters. The molecule has 1 heterocycles. The van der Waals surface area contributed by atoms with Gasteiger partial charge in [-0.1, -0.05) is 48.5 Å². The molecule has 1 amide bonds. The van der Waals surface area contributed by atoms with Crippen molar-refractivity contribution in [3.05, 3.63) is 96.8 Å². The summed E-state index contributed by atoms with van der Waals surface area (Å²) in [7, 11) is -2.29. The van der Waals surface area contributed by atoms with E-state index in [-0.39, 0.29) is 10.7 Å². The van der Waals surface area contributed by atoms with Crippen LogP contribution in [0.5, 0.6) is 5.75 Å². The van der Waals surface area contributed by atoms with Gasteiger partial charge in [0.15, 0.2) is 17.1 Å². The Morgan fingerprint density at radius 3 is 2.35 bits per heavy atom. The molecule has 0 aliphatic heterocycles. The molecule has 2 N–H and O–H groups in total. The summed E-state index contributed by atoms with van der Waals surface area (Å²) in [4.78, 5) is 12.7. The monoisotopic (exact) mass is 472 g/mol. The smallest absolute Gasteiger partial charge is 0.291 e. The fourth-order valence-electron chi connectivity index (χ4n) is 3.74. The van der Waals surface area contributed by atoms with Crippen LogP contribution >= 0.6 is 0 Å². The second-order valence-corrected chi connectivity index (χ2v) is 9.28. The first-order valence-corrected chi connectivity index (χ1v) is 11.9. The molecule has 0 spiro atoms. The van der Waals surface area contributed by atoms with Crippen molar-refractivity contribution >= 4 is 49.0 Å². The van der Waals surface area contributed by atoms with Gasteiger partial charge in [-0.15, -0.1) is 0 Å². The molecule has 0 fully saturated rings. The molecule has 0 bridgehead atoms. The third-order valence-electron chi connectivity index (χ3n) is 5.41. The van der Waals surface area contributed by atoms with Crippen molar-refractivity contribution in [1.29, 1.82) is 0 Å². The summed E-state index contributed by atoms with van der Waals surface area (Å²) >= 11 is 0. The van der Waals surface area contributed by atoms with Gasteiger partial charge in [0.25, 0.3) is 15.9 Å². The molecule has 0 saturated carbocycles. The number of benzene rings is 4. The molecule has 7 nitrogen and oxygen atoms in total. The molecule has 5 rings (SSSR count). The number of carbonyl (C=O) groups is 1. The number of fused-ring (bicyclic) bond motifs is 2. The first-order valence-electron chi connectivity index (χ1n) is 10.4. The van der Waals surface area contributed by atoms with E-state index in [1.54, 1.807) is 24.3 Å². The highest BCUT2D eigenvalue weighted by molar-refractivity contribution is 7.92. The average Bonchev–Trinajstić information content (AvgIpc) is 3.29. The van der Waals surface area contributed by atoms with Crippen molar-refractivity contribution in [1.82, 2.24) is 0 Å². The Bertz CT molecular complexity index is 1620. The number of carbonyl (C=O) groups excluding carboxylic acids is 1. The van der Waals surface area contributed by atoms with E-state index in [0.29, 0.717) is 22.7 Å². The number of para-hydroxylation sites is 1. The van der Waals surface area contributed by atoms with Crippen molar-refractivity contribution < 1.29 is 22.4 Å². The van der Waals surface area contributed by atoms with Gasteiger partial charge in [0.05, 0.1) is 17.7 Å². The maximum atomic E-state index is 12.9. The van der Waals surface area contributed by atoms with E-state index in [0.717, 1.165) is 16.2 Å². The van der Waals surface area contributed by atoms with E-state index in [1.165, 1.54) is 31.4 Å². The maximum absolute atomic E-state index is 12.9. The number of hydrogen-bond donors (Lipinski definition) is 2. The van der Waals surface area contributed by atoms with E-state index < -0.39 is 15.9 Å². The van der Waals surface area contributed by atoms with Crippen LogP contribution in [0.4, 0.5) is 11.4 Å². The molecule has 0 atom stereocenters. The number of methoxy groups -OCH3 is 1. The lowest BCUT2D eigenvalue weighted by molar-refractivity contribution is 0.0998. The Labute approximate surface area is 196 Å². The quantitative estimate of drug-likeness (QED) is 0.333. The van der Waals surface area contributed by atoms with Gasteiger partial charge in [-0.3, -0.25) is 9.52 Å². The number of sulfonamides is 1. The van der Waals surface area contributed by atoms with E-state index in [9.17, 15) is 13.2 Å². The van der Waals surface area contributed by atoms with Crippen molar-refractivity contribution in [2.24, 2.45) is 0 Å². The molecule has 0 saturated heterocycles. The molecule has 0 radical (unpaired) electrons. The summed E-state index contributed by atoms with van der Waals surface area (Å²) in [5, 5.41) is 5.20. The molecule has 5 aromatic rings. The average molecular weight is 473 g/mol. The lowest BCUT2D eigenvalue weighted by Crippen LogP contribution is -2.14. The topological polar surface area (TPSA) is 97.6 Å². The molecule has 34 heavy (non-hydrogen) atoms. The van der Waals surface area contributed by atoms with Crippen LogP contribution in [0, 0.1) is 0 Å². The lowest BCUT2D eigenvalue weighted by atomic mass is 10.1. The molecule has 0 aliphatic carbocycles. The number of nitrogens with one attached hydrogen (secondary N) is 2. The SMILES string of the molecule is COc1cccc2cc(C(=O)Nc3ccc(S(=O)(=O)Nc4cccc5ccccc45)cc3)oc12. The first-order chi connectivity index (χ1) is 16.4. The number of furan rings is 1. The van der Waals surface area contributed by atoms with Crippen molar-refractivity contribution in [2.75, 3.05) is 17.1 Å². The molecular formula is C26H20N2O5S. The summed E-state index contributed by atoms with van der Waals surface area (Å²) in [6, 6.07) is 25.9. The summed E-state index contributed by atoms with van der Waals surface area (Å²) in [5.41, 5.74) is 1.41. The molecule has 8 heteroatoms. The molecule has 4 aromatic carbocycles. The van der Waals surface area contributed by atoms with Crippen molar-refractivity contribution in [2.45, 2.75) is 4.90 Å². The molecule has 170 valence electrons.